The summed E-state index contributed by atoms with van der Waals surface area (Å²) in [5, 5.41) is 0. The molecule has 0 aliphatic rings. The van der Waals surface area contributed by atoms with Crippen LogP contribution in [0.3, 0.4) is 0 Å². The number of nitrogens with one attached hydrogen (secondary N) is 1. The molecule has 1 aromatic rings. The average Bonchev–Trinajstić information content (AvgIpc) is 2.44. The summed E-state index contributed by atoms with van der Waals surface area (Å²) in [6.07, 6.45) is 0. The summed E-state index contributed by atoms with van der Waals surface area (Å²) in [7, 11) is -3.62. The Kier molecular flexibility index (Phi) is 6.84. The summed E-state index contributed by atoms with van der Waals surface area (Å²) >= 11 is 0. The van der Waals surface area contributed by atoms with Crippen LogP contribution < -0.4 is 16.2 Å². The summed E-state index contributed by atoms with van der Waals surface area (Å²) in [6, 6.07) is 6.10. The van der Waals surface area contributed by atoms with Crippen molar-refractivity contribution in [2.75, 3.05) is 26.3 Å². The number of carbonyl (C=O) groups excluding carboxylic acids is 1. The lowest BCUT2D eigenvalue weighted by molar-refractivity contribution is -0.122. The van der Waals surface area contributed by atoms with Crippen LogP contribution >= 0.6 is 0 Å². The SMILES string of the molecule is NCC#Cc1ccc(S(=O)(=O)NCCOCC(N)=O)cc1. The van der Waals surface area contributed by atoms with E-state index in [4.69, 9.17) is 16.2 Å². The highest BCUT2D eigenvalue weighted by molar-refractivity contribution is 7.89. The highest BCUT2D eigenvalue weighted by atomic mass is 32.2. The number of benzene rings is 1. The summed E-state index contributed by atoms with van der Waals surface area (Å²) < 4.78 is 31.1. The Labute approximate surface area is 123 Å². The monoisotopic (exact) mass is 311 g/mol. The molecular formula is C13H17N3O4S. The summed E-state index contributed by atoms with van der Waals surface area (Å²) in [5.41, 5.74) is 10.8. The van der Waals surface area contributed by atoms with E-state index in [9.17, 15) is 13.2 Å². The van der Waals surface area contributed by atoms with Crippen molar-refractivity contribution in [2.45, 2.75) is 4.90 Å². The molecule has 0 saturated heterocycles. The maximum Gasteiger partial charge on any atom is 0.243 e. The van der Waals surface area contributed by atoms with Crippen LogP contribution in [-0.4, -0.2) is 40.6 Å². The number of amides is 1. The van der Waals surface area contributed by atoms with Crippen LogP contribution in [0.4, 0.5) is 0 Å². The van der Waals surface area contributed by atoms with Gasteiger partial charge in [0.1, 0.15) is 6.61 Å². The number of primary amides is 1. The fourth-order valence-electron chi connectivity index (χ4n) is 1.37. The molecule has 0 heterocycles. The second-order valence-corrected chi connectivity index (χ2v) is 5.71. The Balaban J connectivity index is 2.56. The fraction of sp³-hybridized carbons (Fsp3) is 0.308. The molecule has 21 heavy (non-hydrogen) atoms. The highest BCUT2D eigenvalue weighted by Crippen LogP contribution is 2.09. The van der Waals surface area contributed by atoms with Crippen molar-refractivity contribution in [1.82, 2.24) is 4.72 Å². The molecular weight excluding hydrogens is 294 g/mol. The fourth-order valence-corrected chi connectivity index (χ4v) is 2.39. The van der Waals surface area contributed by atoms with Gasteiger partial charge in [0.05, 0.1) is 18.0 Å². The van der Waals surface area contributed by atoms with Gasteiger partial charge in [0.25, 0.3) is 0 Å². The van der Waals surface area contributed by atoms with Crippen molar-refractivity contribution in [1.29, 1.82) is 0 Å². The van der Waals surface area contributed by atoms with Crippen molar-refractivity contribution >= 4 is 15.9 Å². The molecule has 0 bridgehead atoms. The van der Waals surface area contributed by atoms with Crippen molar-refractivity contribution < 1.29 is 17.9 Å². The molecule has 1 aromatic carbocycles. The number of rotatable bonds is 7. The minimum Gasteiger partial charge on any atom is -0.370 e. The summed E-state index contributed by atoms with van der Waals surface area (Å²) in [4.78, 5) is 10.5. The van der Waals surface area contributed by atoms with Crippen LogP contribution in [0.2, 0.25) is 0 Å². The van der Waals surface area contributed by atoms with E-state index in [1.54, 1.807) is 12.1 Å². The lowest BCUT2D eigenvalue weighted by Crippen LogP contribution is -2.29. The van der Waals surface area contributed by atoms with Crippen LogP contribution in [0.25, 0.3) is 0 Å². The minimum absolute atomic E-state index is 0.0460. The number of nitrogens with two attached hydrogens (primary N) is 2. The minimum atomic E-state index is -3.62. The van der Waals surface area contributed by atoms with E-state index in [1.165, 1.54) is 12.1 Å². The average molecular weight is 311 g/mol. The zero-order chi connectivity index (χ0) is 15.7. The van der Waals surface area contributed by atoms with Gasteiger partial charge in [-0.15, -0.1) is 0 Å². The molecule has 0 atom stereocenters. The van der Waals surface area contributed by atoms with Gasteiger partial charge in [0.2, 0.25) is 15.9 Å². The number of hydrogen-bond acceptors (Lipinski definition) is 5. The first-order valence-corrected chi connectivity index (χ1v) is 7.59. The number of carbonyl (C=O) groups is 1. The normalized spacial score (nSPS) is 10.7. The van der Waals surface area contributed by atoms with Gasteiger partial charge in [0.15, 0.2) is 0 Å². The zero-order valence-electron chi connectivity index (χ0n) is 11.3. The van der Waals surface area contributed by atoms with E-state index < -0.39 is 15.9 Å². The first kappa shape index (κ1) is 17.1. The van der Waals surface area contributed by atoms with Crippen LogP contribution in [0, 0.1) is 11.8 Å². The Morgan fingerprint density at radius 2 is 1.95 bits per heavy atom. The van der Waals surface area contributed by atoms with E-state index in [2.05, 4.69) is 16.6 Å². The molecule has 1 amide bonds. The maximum atomic E-state index is 11.9. The Bertz CT molecular complexity index is 630. The zero-order valence-corrected chi connectivity index (χ0v) is 12.2. The lowest BCUT2D eigenvalue weighted by Gasteiger charge is -2.07. The molecule has 114 valence electrons. The van der Waals surface area contributed by atoms with Gasteiger partial charge >= 0.3 is 0 Å². The third kappa shape index (κ3) is 6.37. The van der Waals surface area contributed by atoms with Crippen LogP contribution in [-0.2, 0) is 19.6 Å². The Morgan fingerprint density at radius 3 is 2.52 bits per heavy atom. The Morgan fingerprint density at radius 1 is 1.29 bits per heavy atom. The predicted octanol–water partition coefficient (Wildman–Crippen LogP) is -1.22. The molecule has 0 spiro atoms. The first-order chi connectivity index (χ1) is 9.95. The van der Waals surface area contributed by atoms with Gasteiger partial charge in [0, 0.05) is 12.1 Å². The van der Waals surface area contributed by atoms with Gasteiger partial charge in [-0.25, -0.2) is 13.1 Å². The van der Waals surface area contributed by atoms with Crippen molar-refractivity contribution in [3.05, 3.63) is 29.8 Å². The molecule has 0 radical (unpaired) electrons. The third-order valence-electron chi connectivity index (χ3n) is 2.28. The molecule has 0 unspecified atom stereocenters. The topological polar surface area (TPSA) is 125 Å². The predicted molar refractivity (Wildman–Crippen MR) is 77.6 cm³/mol. The van der Waals surface area contributed by atoms with E-state index in [0.717, 1.165) is 0 Å². The van der Waals surface area contributed by atoms with Crippen LogP contribution in [0.15, 0.2) is 29.2 Å². The maximum absolute atomic E-state index is 11.9. The van der Waals surface area contributed by atoms with Crippen molar-refractivity contribution in [3.8, 4) is 11.8 Å². The third-order valence-corrected chi connectivity index (χ3v) is 3.76. The molecule has 0 fully saturated rings. The molecule has 0 saturated carbocycles. The van der Waals surface area contributed by atoms with Gasteiger partial charge in [-0.3, -0.25) is 4.79 Å². The molecule has 0 aromatic heterocycles. The largest absolute Gasteiger partial charge is 0.370 e. The van der Waals surface area contributed by atoms with E-state index in [0.29, 0.717) is 5.56 Å². The summed E-state index contributed by atoms with van der Waals surface area (Å²) in [6.45, 7) is 0.107. The van der Waals surface area contributed by atoms with Gasteiger partial charge in [-0.1, -0.05) is 11.8 Å². The molecule has 7 nitrogen and oxygen atoms in total. The first-order valence-electron chi connectivity index (χ1n) is 6.10. The van der Waals surface area contributed by atoms with Crippen molar-refractivity contribution in [2.24, 2.45) is 11.5 Å². The molecule has 5 N–H and O–H groups in total. The quantitative estimate of drug-likeness (QED) is 0.430. The van der Waals surface area contributed by atoms with Crippen LogP contribution in [0.1, 0.15) is 5.56 Å². The number of hydrogen-bond donors (Lipinski definition) is 3. The number of ether oxygens (including phenoxy) is 1. The van der Waals surface area contributed by atoms with E-state index >= 15 is 0 Å². The standard InChI is InChI=1S/C13H17N3O4S/c14-7-1-2-11-3-5-12(6-4-11)21(18,19)16-8-9-20-10-13(15)17/h3-6,16H,7-10,14H2,(H2,15,17). The Hall–Kier alpha value is -1.92. The molecule has 0 aliphatic heterocycles. The lowest BCUT2D eigenvalue weighted by atomic mass is 10.2. The van der Waals surface area contributed by atoms with Gasteiger partial charge in [-0.2, -0.15) is 0 Å². The number of sulfonamides is 1. The van der Waals surface area contributed by atoms with E-state index in [1.807, 2.05) is 0 Å². The molecule has 8 heteroatoms. The van der Waals surface area contributed by atoms with Gasteiger partial charge in [-0.05, 0) is 24.3 Å². The summed E-state index contributed by atoms with van der Waals surface area (Å²) in [5.74, 6) is 4.87. The van der Waals surface area contributed by atoms with Gasteiger partial charge < -0.3 is 16.2 Å². The highest BCUT2D eigenvalue weighted by Gasteiger charge is 2.12. The molecule has 0 aliphatic carbocycles. The second-order valence-electron chi connectivity index (χ2n) is 3.95. The second kappa shape index (κ2) is 8.39. The van der Waals surface area contributed by atoms with Crippen molar-refractivity contribution in [3.63, 3.8) is 0 Å². The van der Waals surface area contributed by atoms with E-state index in [-0.39, 0.29) is 31.2 Å². The van der Waals surface area contributed by atoms with Crippen LogP contribution in [0.5, 0.6) is 0 Å². The molecule has 1 rings (SSSR count). The smallest absolute Gasteiger partial charge is 0.243 e.